The van der Waals surface area contributed by atoms with E-state index >= 15 is 0 Å². The highest BCUT2D eigenvalue weighted by molar-refractivity contribution is 7.17. The van der Waals surface area contributed by atoms with E-state index in [1.165, 1.54) is 12.1 Å². The molecule has 2 aromatic rings. The number of likely N-dealkylation sites (tertiary alicyclic amines) is 1. The fourth-order valence-corrected chi connectivity index (χ4v) is 4.28. The van der Waals surface area contributed by atoms with Crippen LogP contribution in [0.15, 0.2) is 24.3 Å². The van der Waals surface area contributed by atoms with Crippen molar-refractivity contribution in [1.29, 1.82) is 0 Å². The number of halogens is 1. The third-order valence-electron chi connectivity index (χ3n) is 4.96. The van der Waals surface area contributed by atoms with E-state index in [0.29, 0.717) is 35.1 Å². The Morgan fingerprint density at radius 2 is 2.15 bits per heavy atom. The van der Waals surface area contributed by atoms with Gasteiger partial charge in [0.2, 0.25) is 0 Å². The van der Waals surface area contributed by atoms with Crippen LogP contribution in [0.3, 0.4) is 0 Å². The normalized spacial score (nSPS) is 23.2. The third-order valence-corrected chi connectivity index (χ3v) is 5.94. The molecule has 1 aliphatic rings. The van der Waals surface area contributed by atoms with Crippen molar-refractivity contribution < 1.29 is 19.4 Å². The first-order valence-corrected chi connectivity index (χ1v) is 9.22. The number of rotatable bonds is 4. The lowest BCUT2D eigenvalue weighted by molar-refractivity contribution is -0.0668. The Morgan fingerprint density at radius 1 is 1.46 bits per heavy atom. The molecule has 2 atom stereocenters. The number of hydrogen-bond acceptors (Lipinski definition) is 6. The van der Waals surface area contributed by atoms with Gasteiger partial charge >= 0.3 is 0 Å². The second-order valence-electron chi connectivity index (χ2n) is 6.82. The standard InChI is InChI=1S/C18H22FN3O3S/c1-11-15(26-17(20)21-11)16(25)22-7-6-14(24)18(9-22,10-23)8-12-2-4-13(19)5-3-12/h2-5,14,23-24H,6-10H2,1H3,(H2,20,21)/t14-,18-/m0/s1. The van der Waals surface area contributed by atoms with Gasteiger partial charge in [-0.25, -0.2) is 9.37 Å². The highest BCUT2D eigenvalue weighted by atomic mass is 32.1. The minimum Gasteiger partial charge on any atom is -0.396 e. The van der Waals surface area contributed by atoms with Crippen LogP contribution < -0.4 is 5.73 Å². The van der Waals surface area contributed by atoms with Crippen molar-refractivity contribution in [3.63, 3.8) is 0 Å². The van der Waals surface area contributed by atoms with Gasteiger partial charge in [-0.05, 0) is 37.5 Å². The number of anilines is 1. The van der Waals surface area contributed by atoms with Crippen LogP contribution in [0.2, 0.25) is 0 Å². The molecule has 26 heavy (non-hydrogen) atoms. The van der Waals surface area contributed by atoms with Gasteiger partial charge in [-0.2, -0.15) is 0 Å². The maximum Gasteiger partial charge on any atom is 0.265 e. The van der Waals surface area contributed by atoms with Gasteiger partial charge in [0.05, 0.1) is 18.4 Å². The van der Waals surface area contributed by atoms with Crippen molar-refractivity contribution in [1.82, 2.24) is 9.88 Å². The minimum atomic E-state index is -0.893. The lowest BCUT2D eigenvalue weighted by atomic mass is 9.73. The molecule has 0 saturated carbocycles. The number of piperidine rings is 1. The van der Waals surface area contributed by atoms with Crippen LogP contribution in [0.25, 0.3) is 0 Å². The van der Waals surface area contributed by atoms with E-state index in [1.807, 2.05) is 0 Å². The van der Waals surface area contributed by atoms with Gasteiger partial charge in [0.1, 0.15) is 10.7 Å². The molecule has 4 N–H and O–H groups in total. The molecule has 1 aromatic heterocycles. The number of nitrogens with two attached hydrogens (primary N) is 1. The smallest absolute Gasteiger partial charge is 0.265 e. The van der Waals surface area contributed by atoms with Crippen molar-refractivity contribution in [3.05, 3.63) is 46.2 Å². The van der Waals surface area contributed by atoms with Crippen molar-refractivity contribution in [2.24, 2.45) is 5.41 Å². The Balaban J connectivity index is 1.84. The molecule has 0 bridgehead atoms. The Morgan fingerprint density at radius 3 is 2.73 bits per heavy atom. The Bertz CT molecular complexity index is 795. The van der Waals surface area contributed by atoms with E-state index in [0.717, 1.165) is 16.9 Å². The highest BCUT2D eigenvalue weighted by Crippen LogP contribution is 2.35. The predicted molar refractivity (Wildman–Crippen MR) is 97.4 cm³/mol. The number of carbonyl (C=O) groups excluding carboxylic acids is 1. The van der Waals surface area contributed by atoms with Crippen molar-refractivity contribution in [2.45, 2.75) is 25.9 Å². The summed E-state index contributed by atoms with van der Waals surface area (Å²) in [5.41, 5.74) is 6.17. The summed E-state index contributed by atoms with van der Waals surface area (Å²) in [5.74, 6) is -0.536. The number of hydrogen-bond donors (Lipinski definition) is 3. The van der Waals surface area contributed by atoms with Gasteiger partial charge in [-0.1, -0.05) is 23.5 Å². The quantitative estimate of drug-likeness (QED) is 0.749. The van der Waals surface area contributed by atoms with Gasteiger partial charge in [-0.3, -0.25) is 4.79 Å². The number of amides is 1. The number of aromatic nitrogens is 1. The summed E-state index contributed by atoms with van der Waals surface area (Å²) < 4.78 is 13.1. The SMILES string of the molecule is Cc1nc(N)sc1C(=O)N1CC[C@H](O)[C@@](CO)(Cc2ccc(F)cc2)C1. The zero-order valence-corrected chi connectivity index (χ0v) is 15.3. The maximum atomic E-state index is 13.1. The molecular weight excluding hydrogens is 357 g/mol. The number of nitrogens with zero attached hydrogens (tertiary/aromatic N) is 2. The largest absolute Gasteiger partial charge is 0.396 e. The Labute approximate surface area is 155 Å². The molecule has 0 unspecified atom stereocenters. The molecule has 1 fully saturated rings. The number of aliphatic hydroxyl groups excluding tert-OH is 2. The molecule has 0 spiro atoms. The average Bonchev–Trinajstić information content (AvgIpc) is 2.96. The zero-order valence-electron chi connectivity index (χ0n) is 14.5. The van der Waals surface area contributed by atoms with E-state index < -0.39 is 11.5 Å². The summed E-state index contributed by atoms with van der Waals surface area (Å²) in [6.07, 6.45) is -0.0476. The van der Waals surface area contributed by atoms with Gasteiger partial charge in [0.25, 0.3) is 5.91 Å². The monoisotopic (exact) mass is 379 g/mol. The number of aliphatic hydroxyl groups is 2. The van der Waals surface area contributed by atoms with Crippen LogP contribution in [0.1, 0.15) is 27.3 Å². The summed E-state index contributed by atoms with van der Waals surface area (Å²) in [6.45, 7) is 2.05. The number of aryl methyl sites for hydroxylation is 1. The average molecular weight is 379 g/mol. The van der Waals surface area contributed by atoms with Crippen molar-refractivity contribution in [2.75, 3.05) is 25.4 Å². The van der Waals surface area contributed by atoms with Crippen LogP contribution in [0.5, 0.6) is 0 Å². The van der Waals surface area contributed by atoms with Crippen LogP contribution in [-0.4, -0.2) is 51.8 Å². The third kappa shape index (κ3) is 3.58. The molecule has 1 aromatic carbocycles. The van der Waals surface area contributed by atoms with E-state index in [2.05, 4.69) is 4.98 Å². The molecule has 1 aliphatic heterocycles. The second-order valence-corrected chi connectivity index (χ2v) is 7.85. The summed E-state index contributed by atoms with van der Waals surface area (Å²) >= 11 is 1.14. The Hall–Kier alpha value is -2.03. The van der Waals surface area contributed by atoms with Crippen LogP contribution >= 0.6 is 11.3 Å². The van der Waals surface area contributed by atoms with Crippen molar-refractivity contribution in [3.8, 4) is 0 Å². The van der Waals surface area contributed by atoms with Crippen LogP contribution in [0.4, 0.5) is 9.52 Å². The Kier molecular flexibility index (Phi) is 5.27. The molecule has 1 saturated heterocycles. The molecule has 6 nitrogen and oxygen atoms in total. The summed E-state index contributed by atoms with van der Waals surface area (Å²) in [6, 6.07) is 5.96. The van der Waals surface area contributed by atoms with Gasteiger partial charge in [0, 0.05) is 18.5 Å². The molecule has 140 valence electrons. The topological polar surface area (TPSA) is 99.7 Å². The van der Waals surface area contributed by atoms with E-state index in [1.54, 1.807) is 24.0 Å². The molecule has 3 rings (SSSR count). The van der Waals surface area contributed by atoms with Gasteiger partial charge in [-0.15, -0.1) is 0 Å². The fourth-order valence-electron chi connectivity index (χ4n) is 3.48. The highest BCUT2D eigenvalue weighted by Gasteiger charge is 2.44. The number of nitrogen functional groups attached to an aromatic ring is 1. The molecule has 8 heteroatoms. The summed E-state index contributed by atoms with van der Waals surface area (Å²) in [4.78, 5) is 19.1. The molecular formula is C18H22FN3O3S. The van der Waals surface area contributed by atoms with Crippen molar-refractivity contribution >= 4 is 22.4 Å². The second kappa shape index (κ2) is 7.30. The number of carbonyl (C=O) groups is 1. The number of thiazole rings is 1. The number of benzene rings is 1. The van der Waals surface area contributed by atoms with E-state index in [4.69, 9.17) is 5.73 Å². The van der Waals surface area contributed by atoms with E-state index in [9.17, 15) is 19.4 Å². The minimum absolute atomic E-state index is 0.194. The first-order valence-electron chi connectivity index (χ1n) is 8.40. The fraction of sp³-hybridized carbons (Fsp3) is 0.444. The molecule has 0 aliphatic carbocycles. The molecule has 0 radical (unpaired) electrons. The molecule has 1 amide bonds. The lowest BCUT2D eigenvalue weighted by Crippen LogP contribution is -2.56. The predicted octanol–water partition coefficient (Wildman–Crippen LogP) is 1.60. The maximum absolute atomic E-state index is 13.1. The first-order chi connectivity index (χ1) is 12.3. The van der Waals surface area contributed by atoms with E-state index in [-0.39, 0.29) is 24.9 Å². The van der Waals surface area contributed by atoms with Gasteiger partial charge < -0.3 is 20.8 Å². The zero-order chi connectivity index (χ0) is 18.9. The summed E-state index contributed by atoms with van der Waals surface area (Å²) in [7, 11) is 0. The molecule has 2 heterocycles. The summed E-state index contributed by atoms with van der Waals surface area (Å²) in [5, 5.41) is 21.0. The first kappa shape index (κ1) is 18.8. The van der Waals surface area contributed by atoms with Crippen LogP contribution in [-0.2, 0) is 6.42 Å². The van der Waals surface area contributed by atoms with Gasteiger partial charge in [0.15, 0.2) is 5.13 Å². The van der Waals surface area contributed by atoms with Crippen LogP contribution in [0, 0.1) is 18.2 Å². The lowest BCUT2D eigenvalue weighted by Gasteiger charge is -2.45.